The Morgan fingerprint density at radius 3 is 2.52 bits per heavy atom. The van der Waals surface area contributed by atoms with E-state index in [9.17, 15) is 4.79 Å². The summed E-state index contributed by atoms with van der Waals surface area (Å²) in [5.41, 5.74) is 0.278. The first kappa shape index (κ1) is 20.4. The number of benzene rings is 2. The number of anilines is 1. The van der Waals surface area contributed by atoms with E-state index in [1.807, 2.05) is 6.07 Å². The maximum atomic E-state index is 12.1. The zero-order valence-corrected chi connectivity index (χ0v) is 16.0. The Labute approximate surface area is 167 Å². The van der Waals surface area contributed by atoms with Gasteiger partial charge in [0.2, 0.25) is 0 Å². The second-order valence-corrected chi connectivity index (χ2v) is 6.07. The highest BCUT2D eigenvalue weighted by Gasteiger charge is 2.11. The van der Waals surface area contributed by atoms with Crippen LogP contribution in [0, 0.1) is 11.3 Å². The van der Waals surface area contributed by atoms with E-state index < -0.39 is 5.91 Å². The molecule has 0 radical (unpaired) electrons. The van der Waals surface area contributed by atoms with Crippen molar-refractivity contribution in [2.24, 2.45) is 0 Å². The molecule has 8 heteroatoms. The molecule has 2 N–H and O–H groups in total. The molecular weight excluding hydrogens is 389 g/mol. The van der Waals surface area contributed by atoms with Gasteiger partial charge in [0.1, 0.15) is 29.7 Å². The predicted octanol–water partition coefficient (Wildman–Crippen LogP) is 4.02. The maximum absolute atomic E-state index is 12.1. The van der Waals surface area contributed by atoms with E-state index in [0.717, 1.165) is 5.75 Å². The van der Waals surface area contributed by atoms with E-state index in [4.69, 9.17) is 37.9 Å². The van der Waals surface area contributed by atoms with Gasteiger partial charge in [0.05, 0.1) is 17.8 Å². The topological polar surface area (TPSA) is 83.4 Å². The first-order valence-corrected chi connectivity index (χ1v) is 8.66. The Morgan fingerprint density at radius 2 is 1.89 bits per heavy atom. The van der Waals surface area contributed by atoms with Crippen LogP contribution in [0.2, 0.25) is 10.0 Å². The molecule has 0 saturated carbocycles. The summed E-state index contributed by atoms with van der Waals surface area (Å²) in [7, 11) is 1.59. The number of ether oxygens (including phenoxy) is 2. The fourth-order valence-electron chi connectivity index (χ4n) is 2.00. The van der Waals surface area contributed by atoms with E-state index in [1.165, 1.54) is 12.3 Å². The minimum Gasteiger partial charge on any atom is -0.497 e. The van der Waals surface area contributed by atoms with Gasteiger partial charge in [0.15, 0.2) is 0 Å². The lowest BCUT2D eigenvalue weighted by Gasteiger charge is -2.08. The first-order valence-electron chi connectivity index (χ1n) is 7.90. The molecule has 0 aliphatic heterocycles. The minimum atomic E-state index is -0.578. The number of hydrogen-bond donors (Lipinski definition) is 2. The molecule has 0 spiro atoms. The van der Waals surface area contributed by atoms with Crippen molar-refractivity contribution in [3.05, 3.63) is 64.3 Å². The Bertz CT molecular complexity index is 861. The second kappa shape index (κ2) is 10.3. The first-order chi connectivity index (χ1) is 13.0. The zero-order chi connectivity index (χ0) is 19.6. The monoisotopic (exact) mass is 405 g/mol. The van der Waals surface area contributed by atoms with Crippen molar-refractivity contribution < 1.29 is 14.3 Å². The third kappa shape index (κ3) is 6.41. The Hall–Kier alpha value is -2.88. The number of rotatable bonds is 8. The average molecular weight is 406 g/mol. The third-order valence-corrected chi connectivity index (χ3v) is 3.91. The van der Waals surface area contributed by atoms with Gasteiger partial charge in [-0.1, -0.05) is 23.2 Å². The standard InChI is InChI=1S/C19H17Cl2N3O3/c1-26-15-3-5-16(6-4-15)27-9-8-23-12-13(11-22)19(25)24-18-7-2-14(20)10-17(18)21/h2-7,10,12,23H,8-9H2,1H3,(H,24,25)/b13-12-. The summed E-state index contributed by atoms with van der Waals surface area (Å²) in [5.74, 6) is 0.858. The number of nitrogens with one attached hydrogen (secondary N) is 2. The highest BCUT2D eigenvalue weighted by molar-refractivity contribution is 6.36. The zero-order valence-electron chi connectivity index (χ0n) is 14.5. The van der Waals surface area contributed by atoms with Gasteiger partial charge >= 0.3 is 0 Å². The molecule has 27 heavy (non-hydrogen) atoms. The molecule has 2 rings (SSSR count). The number of nitrogens with zero attached hydrogens (tertiary/aromatic N) is 1. The molecule has 2 aromatic carbocycles. The summed E-state index contributed by atoms with van der Waals surface area (Å²) in [6.07, 6.45) is 1.33. The van der Waals surface area contributed by atoms with Gasteiger partial charge in [-0.2, -0.15) is 5.26 Å². The quantitative estimate of drug-likeness (QED) is 0.393. The van der Waals surface area contributed by atoms with Crippen molar-refractivity contribution in [2.45, 2.75) is 0 Å². The molecule has 2 aromatic rings. The van der Waals surface area contributed by atoms with Crippen molar-refractivity contribution in [2.75, 3.05) is 25.6 Å². The van der Waals surface area contributed by atoms with Crippen molar-refractivity contribution >= 4 is 34.8 Å². The summed E-state index contributed by atoms with van der Waals surface area (Å²) in [4.78, 5) is 12.1. The van der Waals surface area contributed by atoms with E-state index in [1.54, 1.807) is 43.5 Å². The number of halogens is 2. The van der Waals surface area contributed by atoms with Crippen LogP contribution in [0.15, 0.2) is 54.2 Å². The molecule has 0 aromatic heterocycles. The summed E-state index contributed by atoms with van der Waals surface area (Å²) >= 11 is 11.8. The summed E-state index contributed by atoms with van der Waals surface area (Å²) < 4.78 is 10.6. The number of nitriles is 1. The third-order valence-electron chi connectivity index (χ3n) is 3.37. The Kier molecular flexibility index (Phi) is 7.80. The molecule has 0 atom stereocenters. The van der Waals surface area contributed by atoms with Crippen molar-refractivity contribution in [3.63, 3.8) is 0 Å². The molecule has 0 aliphatic carbocycles. The molecule has 140 valence electrons. The summed E-state index contributed by atoms with van der Waals surface area (Å²) in [5, 5.41) is 15.3. The lowest BCUT2D eigenvalue weighted by Crippen LogP contribution is -2.20. The number of methoxy groups -OCH3 is 1. The number of carbonyl (C=O) groups excluding carboxylic acids is 1. The fraction of sp³-hybridized carbons (Fsp3) is 0.158. The SMILES string of the molecule is COc1ccc(OCCN/C=C(/C#N)C(=O)Nc2ccc(Cl)cc2Cl)cc1. The average Bonchev–Trinajstić information content (AvgIpc) is 2.67. The maximum Gasteiger partial charge on any atom is 0.267 e. The van der Waals surface area contributed by atoms with E-state index in [0.29, 0.717) is 29.6 Å². The molecule has 0 fully saturated rings. The molecule has 0 saturated heterocycles. The van der Waals surface area contributed by atoms with Crippen LogP contribution in [0.25, 0.3) is 0 Å². The Balaban J connectivity index is 1.82. The van der Waals surface area contributed by atoms with Gasteiger partial charge in [-0.05, 0) is 42.5 Å². The molecule has 6 nitrogen and oxygen atoms in total. The number of hydrogen-bond acceptors (Lipinski definition) is 5. The lowest BCUT2D eigenvalue weighted by molar-refractivity contribution is -0.112. The van der Waals surface area contributed by atoms with E-state index >= 15 is 0 Å². The minimum absolute atomic E-state index is 0.0922. The van der Waals surface area contributed by atoms with Crippen LogP contribution in [-0.4, -0.2) is 26.2 Å². The van der Waals surface area contributed by atoms with Crippen molar-refractivity contribution in [3.8, 4) is 17.6 Å². The fourth-order valence-corrected chi connectivity index (χ4v) is 2.46. The molecular formula is C19H17Cl2N3O3. The van der Waals surface area contributed by atoms with Gasteiger partial charge in [-0.3, -0.25) is 4.79 Å². The van der Waals surface area contributed by atoms with Gasteiger partial charge in [-0.25, -0.2) is 0 Å². The largest absolute Gasteiger partial charge is 0.497 e. The van der Waals surface area contributed by atoms with Crippen molar-refractivity contribution in [1.82, 2.24) is 5.32 Å². The number of amides is 1. The smallest absolute Gasteiger partial charge is 0.267 e. The van der Waals surface area contributed by atoms with Gasteiger partial charge in [0, 0.05) is 17.8 Å². The van der Waals surface area contributed by atoms with Crippen LogP contribution < -0.4 is 20.1 Å². The molecule has 0 unspecified atom stereocenters. The Morgan fingerprint density at radius 1 is 1.19 bits per heavy atom. The summed E-state index contributed by atoms with van der Waals surface area (Å²) in [6.45, 7) is 0.762. The highest BCUT2D eigenvalue weighted by Crippen LogP contribution is 2.25. The molecule has 0 aliphatic rings. The molecule has 1 amide bonds. The number of carbonyl (C=O) groups is 1. The summed E-state index contributed by atoms with van der Waals surface area (Å²) in [6, 6.07) is 13.7. The van der Waals surface area contributed by atoms with Crippen LogP contribution in [-0.2, 0) is 4.79 Å². The van der Waals surface area contributed by atoms with Crippen LogP contribution in [0.3, 0.4) is 0 Å². The van der Waals surface area contributed by atoms with Gasteiger partial charge < -0.3 is 20.1 Å². The highest BCUT2D eigenvalue weighted by atomic mass is 35.5. The van der Waals surface area contributed by atoms with Gasteiger partial charge in [0.25, 0.3) is 5.91 Å². The second-order valence-electron chi connectivity index (χ2n) is 5.23. The molecule has 0 bridgehead atoms. The van der Waals surface area contributed by atoms with Crippen LogP contribution in [0.5, 0.6) is 11.5 Å². The normalized spacial score (nSPS) is 10.7. The lowest BCUT2D eigenvalue weighted by atomic mass is 10.2. The van der Waals surface area contributed by atoms with Crippen LogP contribution >= 0.6 is 23.2 Å². The van der Waals surface area contributed by atoms with Crippen molar-refractivity contribution in [1.29, 1.82) is 5.26 Å². The van der Waals surface area contributed by atoms with E-state index in [2.05, 4.69) is 10.6 Å². The van der Waals surface area contributed by atoms with Gasteiger partial charge in [-0.15, -0.1) is 0 Å². The molecule has 0 heterocycles. The predicted molar refractivity (Wildman–Crippen MR) is 105 cm³/mol. The van der Waals surface area contributed by atoms with Crippen LogP contribution in [0.1, 0.15) is 0 Å². The van der Waals surface area contributed by atoms with E-state index in [-0.39, 0.29) is 10.6 Å². The van der Waals surface area contributed by atoms with Crippen LogP contribution in [0.4, 0.5) is 5.69 Å².